The van der Waals surface area contributed by atoms with Crippen LogP contribution in [0.3, 0.4) is 0 Å². The number of nitrogens with zero attached hydrogens (tertiary/aromatic N) is 1. The van der Waals surface area contributed by atoms with Crippen LogP contribution in [-0.4, -0.2) is 41.9 Å². The summed E-state index contributed by atoms with van der Waals surface area (Å²) in [5.41, 5.74) is 6.00. The second-order valence-electron chi connectivity index (χ2n) is 5.88. The van der Waals surface area contributed by atoms with E-state index in [2.05, 4.69) is 5.32 Å². The number of rotatable bonds is 5. The molecule has 114 valence electrons. The molecule has 2 aliphatic rings. The molecule has 2 atom stereocenters. The molecule has 1 aromatic heterocycles. The van der Waals surface area contributed by atoms with E-state index in [1.807, 2.05) is 17.5 Å². The standard InChI is InChI=1S/C15H21N3O2S/c16-11(10-5-6-10)9-17-14(19)12-3-1-7-18(12)15(20)13-4-2-8-21-13/h2,4,8,10-12H,1,3,5-7,9,16H2,(H,17,19). The average molecular weight is 307 g/mol. The summed E-state index contributed by atoms with van der Waals surface area (Å²) in [6, 6.07) is 3.38. The van der Waals surface area contributed by atoms with Crippen LogP contribution in [0.4, 0.5) is 0 Å². The number of amides is 2. The highest BCUT2D eigenvalue weighted by atomic mass is 32.1. The Morgan fingerprint density at radius 3 is 2.90 bits per heavy atom. The fourth-order valence-corrected chi connectivity index (χ4v) is 3.53. The topological polar surface area (TPSA) is 75.4 Å². The first-order valence-corrected chi connectivity index (χ1v) is 8.42. The van der Waals surface area contributed by atoms with Gasteiger partial charge in [0.2, 0.25) is 5.91 Å². The summed E-state index contributed by atoms with van der Waals surface area (Å²) < 4.78 is 0. The molecule has 3 N–H and O–H groups in total. The molecule has 2 heterocycles. The highest BCUT2D eigenvalue weighted by molar-refractivity contribution is 7.12. The van der Waals surface area contributed by atoms with Gasteiger partial charge in [0.1, 0.15) is 6.04 Å². The van der Waals surface area contributed by atoms with Crippen molar-refractivity contribution in [3.8, 4) is 0 Å². The van der Waals surface area contributed by atoms with Crippen molar-refractivity contribution in [3.63, 3.8) is 0 Å². The van der Waals surface area contributed by atoms with Crippen molar-refractivity contribution in [2.75, 3.05) is 13.1 Å². The molecule has 3 rings (SSSR count). The van der Waals surface area contributed by atoms with Crippen molar-refractivity contribution in [1.82, 2.24) is 10.2 Å². The Bertz CT molecular complexity index is 513. The van der Waals surface area contributed by atoms with Crippen molar-refractivity contribution >= 4 is 23.2 Å². The highest BCUT2D eigenvalue weighted by Crippen LogP contribution is 2.31. The first-order valence-electron chi connectivity index (χ1n) is 7.54. The van der Waals surface area contributed by atoms with Crippen LogP contribution in [0.2, 0.25) is 0 Å². The summed E-state index contributed by atoms with van der Waals surface area (Å²) in [7, 11) is 0. The minimum atomic E-state index is -0.342. The summed E-state index contributed by atoms with van der Waals surface area (Å²) in [4.78, 5) is 27.1. The van der Waals surface area contributed by atoms with Gasteiger partial charge in [-0.05, 0) is 43.0 Å². The number of nitrogens with one attached hydrogen (secondary N) is 1. The van der Waals surface area contributed by atoms with Crippen LogP contribution < -0.4 is 11.1 Å². The molecule has 2 fully saturated rings. The molecular weight excluding hydrogens is 286 g/mol. The SMILES string of the molecule is NC(CNC(=O)C1CCCN1C(=O)c1cccs1)C1CC1. The van der Waals surface area contributed by atoms with Gasteiger partial charge in [0.05, 0.1) is 4.88 Å². The Balaban J connectivity index is 1.57. The summed E-state index contributed by atoms with van der Waals surface area (Å²) in [5.74, 6) is 0.473. The summed E-state index contributed by atoms with van der Waals surface area (Å²) in [6.07, 6.45) is 3.96. The quantitative estimate of drug-likeness (QED) is 0.858. The number of carbonyl (C=O) groups excluding carboxylic acids is 2. The molecule has 0 bridgehead atoms. The molecule has 0 spiro atoms. The van der Waals surface area contributed by atoms with Gasteiger partial charge in [-0.3, -0.25) is 9.59 Å². The van der Waals surface area contributed by atoms with E-state index in [1.165, 1.54) is 24.2 Å². The molecule has 1 aromatic rings. The molecule has 1 aliphatic heterocycles. The lowest BCUT2D eigenvalue weighted by atomic mass is 10.1. The maximum atomic E-state index is 12.4. The Morgan fingerprint density at radius 1 is 1.43 bits per heavy atom. The Kier molecular flexibility index (Phi) is 4.26. The van der Waals surface area contributed by atoms with Crippen LogP contribution in [0.25, 0.3) is 0 Å². The molecular formula is C15H21N3O2S. The Hall–Kier alpha value is -1.40. The highest BCUT2D eigenvalue weighted by Gasteiger charge is 2.35. The zero-order valence-electron chi connectivity index (χ0n) is 12.0. The van der Waals surface area contributed by atoms with E-state index in [1.54, 1.807) is 4.90 Å². The molecule has 21 heavy (non-hydrogen) atoms. The van der Waals surface area contributed by atoms with E-state index < -0.39 is 0 Å². The van der Waals surface area contributed by atoms with Gasteiger partial charge in [-0.25, -0.2) is 0 Å². The number of nitrogens with two attached hydrogens (primary N) is 1. The zero-order chi connectivity index (χ0) is 14.8. The van der Waals surface area contributed by atoms with Crippen LogP contribution in [0.15, 0.2) is 17.5 Å². The van der Waals surface area contributed by atoms with Crippen LogP contribution in [0.1, 0.15) is 35.4 Å². The number of thiophene rings is 1. The second kappa shape index (κ2) is 6.15. The van der Waals surface area contributed by atoms with Gasteiger partial charge in [-0.1, -0.05) is 6.07 Å². The van der Waals surface area contributed by atoms with Crippen LogP contribution in [-0.2, 0) is 4.79 Å². The molecule has 0 aromatic carbocycles. The molecule has 6 heteroatoms. The summed E-state index contributed by atoms with van der Waals surface area (Å²) >= 11 is 1.42. The third-order valence-corrected chi connectivity index (χ3v) is 5.15. The third kappa shape index (κ3) is 3.27. The fraction of sp³-hybridized carbons (Fsp3) is 0.600. The molecule has 5 nitrogen and oxygen atoms in total. The van der Waals surface area contributed by atoms with E-state index >= 15 is 0 Å². The molecule has 2 amide bonds. The van der Waals surface area contributed by atoms with Gasteiger partial charge in [0.25, 0.3) is 5.91 Å². The minimum absolute atomic E-state index is 0.0332. The Morgan fingerprint density at radius 2 is 2.24 bits per heavy atom. The van der Waals surface area contributed by atoms with Crippen LogP contribution >= 0.6 is 11.3 Å². The molecule has 0 radical (unpaired) electrons. The lowest BCUT2D eigenvalue weighted by Gasteiger charge is -2.24. The van der Waals surface area contributed by atoms with Crippen LogP contribution in [0, 0.1) is 5.92 Å². The molecule has 1 aliphatic carbocycles. The van der Waals surface area contributed by atoms with Gasteiger partial charge >= 0.3 is 0 Å². The van der Waals surface area contributed by atoms with Crippen molar-refractivity contribution in [1.29, 1.82) is 0 Å². The fourth-order valence-electron chi connectivity index (χ4n) is 2.85. The largest absolute Gasteiger partial charge is 0.353 e. The minimum Gasteiger partial charge on any atom is -0.353 e. The summed E-state index contributed by atoms with van der Waals surface area (Å²) in [5, 5.41) is 4.80. The number of hydrogen-bond donors (Lipinski definition) is 2. The second-order valence-corrected chi connectivity index (χ2v) is 6.83. The number of carbonyl (C=O) groups is 2. The maximum Gasteiger partial charge on any atom is 0.264 e. The van der Waals surface area contributed by atoms with Crippen molar-refractivity contribution in [2.45, 2.75) is 37.8 Å². The van der Waals surface area contributed by atoms with E-state index in [-0.39, 0.29) is 23.9 Å². The first kappa shape index (κ1) is 14.5. The molecule has 1 saturated heterocycles. The maximum absolute atomic E-state index is 12.4. The van der Waals surface area contributed by atoms with Gasteiger partial charge in [-0.15, -0.1) is 11.3 Å². The van der Waals surface area contributed by atoms with Crippen LogP contribution in [0.5, 0.6) is 0 Å². The van der Waals surface area contributed by atoms with Gasteiger partial charge in [0, 0.05) is 19.1 Å². The third-order valence-electron chi connectivity index (χ3n) is 4.29. The average Bonchev–Trinajstić information content (AvgIpc) is 3.02. The summed E-state index contributed by atoms with van der Waals surface area (Å²) in [6.45, 7) is 1.17. The monoisotopic (exact) mass is 307 g/mol. The van der Waals surface area contributed by atoms with Gasteiger partial charge in [0.15, 0.2) is 0 Å². The molecule has 1 saturated carbocycles. The lowest BCUT2D eigenvalue weighted by Crippen LogP contribution is -2.48. The zero-order valence-corrected chi connectivity index (χ0v) is 12.8. The Labute approximate surface area is 128 Å². The smallest absolute Gasteiger partial charge is 0.264 e. The van der Waals surface area contributed by atoms with Gasteiger partial charge in [-0.2, -0.15) is 0 Å². The van der Waals surface area contributed by atoms with E-state index in [0.29, 0.717) is 23.9 Å². The van der Waals surface area contributed by atoms with Crippen molar-refractivity contribution in [2.24, 2.45) is 11.7 Å². The normalized spacial score (nSPS) is 23.1. The van der Waals surface area contributed by atoms with Crippen molar-refractivity contribution in [3.05, 3.63) is 22.4 Å². The number of hydrogen-bond acceptors (Lipinski definition) is 4. The predicted molar refractivity (Wildman–Crippen MR) is 82.1 cm³/mol. The van der Waals surface area contributed by atoms with Gasteiger partial charge < -0.3 is 16.0 Å². The number of likely N-dealkylation sites (tertiary alicyclic amines) is 1. The molecule has 2 unspecified atom stereocenters. The predicted octanol–water partition coefficient (Wildman–Crippen LogP) is 1.21. The van der Waals surface area contributed by atoms with Crippen molar-refractivity contribution < 1.29 is 9.59 Å². The first-order chi connectivity index (χ1) is 10.2. The van der Waals surface area contributed by atoms with E-state index in [0.717, 1.165) is 12.8 Å². The lowest BCUT2D eigenvalue weighted by molar-refractivity contribution is -0.124. The van der Waals surface area contributed by atoms with E-state index in [4.69, 9.17) is 5.73 Å². The van der Waals surface area contributed by atoms with E-state index in [9.17, 15) is 9.59 Å².